The van der Waals surface area contributed by atoms with Crippen LogP contribution in [-0.4, -0.2) is 59.5 Å². The molecule has 12 aromatic rings. The maximum absolute atomic E-state index is 7.55. The van der Waals surface area contributed by atoms with Crippen molar-refractivity contribution < 1.29 is 4.42 Å². The maximum atomic E-state index is 7.55. The van der Waals surface area contributed by atoms with Gasteiger partial charge in [-0.15, -0.1) is 21.0 Å². The third-order valence-electron chi connectivity index (χ3n) is 13.7. The number of para-hydroxylation sites is 1. The first kappa shape index (κ1) is 43.9. The van der Waals surface area contributed by atoms with Gasteiger partial charge in [0.1, 0.15) is 66.1 Å². The van der Waals surface area contributed by atoms with Gasteiger partial charge in [0, 0.05) is 57.9 Å². The van der Waals surface area contributed by atoms with Crippen molar-refractivity contribution in [1.82, 2.24) is 4.57 Å². The van der Waals surface area contributed by atoms with Crippen molar-refractivity contribution in [3.63, 3.8) is 0 Å². The van der Waals surface area contributed by atoms with Crippen LogP contribution in [0.2, 0.25) is 0 Å². The average Bonchev–Trinajstić information content (AvgIpc) is 3.97. The first-order chi connectivity index (χ1) is 34.2. The summed E-state index contributed by atoms with van der Waals surface area (Å²) in [6.45, 7) is 0. The second-order valence-corrected chi connectivity index (χ2v) is 20.6. The Morgan fingerprint density at radius 3 is 1.29 bits per heavy atom. The molecule has 12 rings (SSSR count). The number of benzene rings is 10. The van der Waals surface area contributed by atoms with E-state index in [-0.39, 0.29) is 27.3 Å². The predicted molar refractivity (Wildman–Crippen MR) is 302 cm³/mol. The zero-order chi connectivity index (χ0) is 47.8. The zero-order valence-corrected chi connectivity index (χ0v) is 38.8. The third kappa shape index (κ3) is 6.60. The van der Waals surface area contributed by atoms with Crippen LogP contribution in [0.4, 0.5) is 0 Å². The van der Waals surface area contributed by atoms with E-state index in [9.17, 15) is 0 Å². The zero-order valence-electron chi connectivity index (χ0n) is 37.9. The summed E-state index contributed by atoms with van der Waals surface area (Å²) < 4.78 is 8.29. The molecule has 2 heterocycles. The third-order valence-corrected chi connectivity index (χ3v) is 17.6. The summed E-state index contributed by atoms with van der Waals surface area (Å²) in [5.74, 6) is 0. The lowest BCUT2D eigenvalue weighted by Gasteiger charge is -2.43. The van der Waals surface area contributed by atoms with Gasteiger partial charge in [0.25, 0.3) is 0 Å². The minimum absolute atomic E-state index is 0.149. The second kappa shape index (κ2) is 17.2. The number of furan rings is 1. The molecule has 0 fully saturated rings. The lowest BCUT2D eigenvalue weighted by Crippen LogP contribution is -2.48. The Morgan fingerprint density at radius 1 is 0.329 bits per heavy atom. The van der Waals surface area contributed by atoms with Gasteiger partial charge in [0.2, 0.25) is 0 Å². The molecule has 70 heavy (non-hydrogen) atoms. The smallest absolute Gasteiger partial charge is 0.135 e. The SMILES string of the molecule is [B]c1c([B])c([B])c2c(c1[B])c1c([B])c(-c3ccc4oc5ccccc5c4c3)c([B])c([B])c1n2-c1c(-c2ccccc2)cc(S(c2ccccc2)(c2ccccc2)c2ccccc2)cc1-c1ccccc1. The van der Waals surface area contributed by atoms with E-state index in [1.807, 2.05) is 78.9 Å². The van der Waals surface area contributed by atoms with Crippen LogP contribution >= 0.6 is 10.0 Å². The van der Waals surface area contributed by atoms with Crippen molar-refractivity contribution in [3.8, 4) is 39.1 Å². The molecule has 10 heteroatoms. The predicted octanol–water partition coefficient (Wildman–Crippen LogP) is 8.58. The van der Waals surface area contributed by atoms with Crippen LogP contribution in [0.25, 0.3) is 82.8 Å². The summed E-state index contributed by atoms with van der Waals surface area (Å²) in [4.78, 5) is 4.63. The van der Waals surface area contributed by atoms with Crippen molar-refractivity contribution >= 4 is 147 Å². The molecular formula is C60H34B7NOS. The summed E-state index contributed by atoms with van der Waals surface area (Å²) in [5.41, 5.74) is 9.93. The van der Waals surface area contributed by atoms with Crippen LogP contribution in [0.15, 0.2) is 230 Å². The van der Waals surface area contributed by atoms with E-state index in [4.69, 9.17) is 59.3 Å². The normalized spacial score (nSPS) is 12.1. The summed E-state index contributed by atoms with van der Waals surface area (Å²) in [5, 5.41) is 2.93. The van der Waals surface area contributed by atoms with Gasteiger partial charge in [-0.3, -0.25) is 0 Å². The summed E-state index contributed by atoms with van der Waals surface area (Å²) in [6.07, 6.45) is 0. The fraction of sp³-hybridized carbons (Fsp3) is 0. The molecule has 0 aliphatic rings. The largest absolute Gasteiger partial charge is 0.456 e. The van der Waals surface area contributed by atoms with Crippen molar-refractivity contribution in [2.75, 3.05) is 0 Å². The molecule has 0 saturated carbocycles. The van der Waals surface area contributed by atoms with Gasteiger partial charge in [-0.05, 0) is 94.4 Å². The monoisotopic (exact) mass is 893 g/mol. The van der Waals surface area contributed by atoms with Crippen LogP contribution in [-0.2, 0) is 0 Å². The number of fused-ring (bicyclic) bond motifs is 6. The van der Waals surface area contributed by atoms with Gasteiger partial charge in [-0.2, -0.15) is 0 Å². The first-order valence-electron chi connectivity index (χ1n) is 22.9. The molecule has 2 aromatic heterocycles. The van der Waals surface area contributed by atoms with Crippen LogP contribution in [0, 0.1) is 0 Å². The minimum Gasteiger partial charge on any atom is -0.456 e. The van der Waals surface area contributed by atoms with Crippen molar-refractivity contribution in [1.29, 1.82) is 0 Å². The first-order valence-corrected chi connectivity index (χ1v) is 24.6. The van der Waals surface area contributed by atoms with Gasteiger partial charge < -0.3 is 8.98 Å². The molecule has 0 spiro atoms. The fourth-order valence-electron chi connectivity index (χ4n) is 10.5. The van der Waals surface area contributed by atoms with E-state index < -0.39 is 10.0 Å². The number of rotatable bonds is 8. The molecular weight excluding hydrogens is 858 g/mol. The molecule has 2 nitrogen and oxygen atoms in total. The molecule has 0 saturated heterocycles. The number of aromatic nitrogens is 1. The Hall–Kier alpha value is -7.40. The Balaban J connectivity index is 1.28. The summed E-state index contributed by atoms with van der Waals surface area (Å²) in [7, 11) is 48.3. The van der Waals surface area contributed by atoms with Crippen LogP contribution in [0.5, 0.6) is 0 Å². The molecule has 0 aliphatic heterocycles. The number of hydrogen-bond donors (Lipinski definition) is 0. The molecule has 312 valence electrons. The highest BCUT2D eigenvalue weighted by molar-refractivity contribution is 8.34. The second-order valence-electron chi connectivity index (χ2n) is 17.5. The van der Waals surface area contributed by atoms with Gasteiger partial charge in [-0.1, -0.05) is 167 Å². The molecule has 0 amide bonds. The van der Waals surface area contributed by atoms with Crippen molar-refractivity contribution in [2.24, 2.45) is 0 Å². The maximum Gasteiger partial charge on any atom is 0.135 e. The van der Waals surface area contributed by atoms with E-state index in [1.165, 1.54) is 14.7 Å². The van der Waals surface area contributed by atoms with E-state index in [0.29, 0.717) is 38.3 Å². The number of nitrogens with zero attached hydrogens (tertiary/aromatic N) is 1. The van der Waals surface area contributed by atoms with Crippen LogP contribution < -0.4 is 38.2 Å². The standard InChI is InChI=1S/C60H34B7NOS/c61-51-48(37-30-31-47-45(32-37)42-28-16-17-29-46(42)69-47)52(62)56(66)59-49(51)50-53(63)54(64)55(65)57(67)60(50)68(59)58-43(35-18-6-1-7-19-35)33-41(34-44(58)36-20-8-2-9-21-36)70(38-22-10-3-11-23-38,39-24-12-4-13-25-39)40-26-14-5-15-27-40/h1-34H. The van der Waals surface area contributed by atoms with Crippen molar-refractivity contribution in [2.45, 2.75) is 19.6 Å². The Bertz CT molecular complexity index is 3850. The van der Waals surface area contributed by atoms with Gasteiger partial charge in [0.15, 0.2) is 0 Å². The molecule has 0 unspecified atom stereocenters. The summed E-state index contributed by atoms with van der Waals surface area (Å²) in [6, 6.07) is 71.6. The Morgan fingerprint density at radius 2 is 0.757 bits per heavy atom. The Labute approximate surface area is 418 Å². The highest BCUT2D eigenvalue weighted by Gasteiger charge is 2.36. The lowest BCUT2D eigenvalue weighted by atomic mass is 9.64. The summed E-state index contributed by atoms with van der Waals surface area (Å²) >= 11 is 0. The minimum atomic E-state index is -2.22. The van der Waals surface area contributed by atoms with Crippen molar-refractivity contribution in [3.05, 3.63) is 206 Å². The molecule has 0 aliphatic carbocycles. The quantitative estimate of drug-likeness (QED) is 0.140. The topological polar surface area (TPSA) is 18.1 Å². The molecule has 14 radical (unpaired) electrons. The van der Waals surface area contributed by atoms with E-state index >= 15 is 0 Å². The average molecular weight is 893 g/mol. The van der Waals surface area contributed by atoms with E-state index in [2.05, 4.69) is 132 Å². The van der Waals surface area contributed by atoms with Gasteiger partial charge in [0.05, 0.1) is 5.69 Å². The van der Waals surface area contributed by atoms with E-state index in [1.54, 1.807) is 0 Å². The van der Waals surface area contributed by atoms with Gasteiger partial charge in [-0.25, -0.2) is 0 Å². The van der Waals surface area contributed by atoms with Crippen LogP contribution in [0.3, 0.4) is 0 Å². The highest BCUT2D eigenvalue weighted by Crippen LogP contribution is 2.74. The van der Waals surface area contributed by atoms with E-state index in [0.717, 1.165) is 60.3 Å². The Kier molecular flexibility index (Phi) is 10.8. The highest BCUT2D eigenvalue weighted by atomic mass is 32.3. The number of hydrogen-bond acceptors (Lipinski definition) is 1. The fourth-order valence-corrected chi connectivity index (χ4v) is 14.4. The van der Waals surface area contributed by atoms with Gasteiger partial charge >= 0.3 is 0 Å². The van der Waals surface area contributed by atoms with Crippen LogP contribution in [0.1, 0.15) is 0 Å². The molecule has 0 atom stereocenters. The molecule has 10 aromatic carbocycles. The lowest BCUT2D eigenvalue weighted by molar-refractivity contribution is 0.669. The molecule has 0 N–H and O–H groups in total. The molecule has 0 bridgehead atoms.